The van der Waals surface area contributed by atoms with Gasteiger partial charge in [-0.2, -0.15) is 5.10 Å². The van der Waals surface area contributed by atoms with E-state index < -0.39 is 5.60 Å². The minimum atomic E-state index is -0.815. The quantitative estimate of drug-likeness (QED) is 0.706. The molecule has 0 aliphatic heterocycles. The average molecular weight is 268 g/mol. The van der Waals surface area contributed by atoms with Gasteiger partial charge in [-0.05, 0) is 12.8 Å². The smallest absolute Gasteiger partial charge is 0.320 e. The van der Waals surface area contributed by atoms with Crippen molar-refractivity contribution < 1.29 is 9.90 Å². The van der Waals surface area contributed by atoms with E-state index >= 15 is 0 Å². The van der Waals surface area contributed by atoms with Crippen LogP contribution in [0, 0.1) is 0 Å². The predicted molar refractivity (Wildman–Crippen MR) is 75.0 cm³/mol. The maximum Gasteiger partial charge on any atom is 0.320 e. The van der Waals surface area contributed by atoms with E-state index in [2.05, 4.69) is 15.7 Å². The molecule has 3 N–H and O–H groups in total. The van der Waals surface area contributed by atoms with E-state index in [-0.39, 0.29) is 12.6 Å². The average Bonchev–Trinajstić information content (AvgIpc) is 2.73. The van der Waals surface area contributed by atoms with E-state index in [0.717, 1.165) is 12.8 Å². The van der Waals surface area contributed by atoms with E-state index in [1.807, 2.05) is 13.8 Å². The zero-order chi connectivity index (χ0) is 14.3. The van der Waals surface area contributed by atoms with Gasteiger partial charge in [-0.15, -0.1) is 0 Å². The van der Waals surface area contributed by atoms with Crippen LogP contribution < -0.4 is 10.6 Å². The second-order valence-electron chi connectivity index (χ2n) is 4.91. The van der Waals surface area contributed by atoms with Crippen molar-refractivity contribution in [1.29, 1.82) is 0 Å². The van der Waals surface area contributed by atoms with Gasteiger partial charge in [0.25, 0.3) is 0 Å². The third-order valence-electron chi connectivity index (χ3n) is 2.96. The Balaban J connectivity index is 2.43. The summed E-state index contributed by atoms with van der Waals surface area (Å²) in [7, 11) is 1.78. The van der Waals surface area contributed by atoms with E-state index in [1.54, 1.807) is 24.0 Å². The van der Waals surface area contributed by atoms with Crippen molar-refractivity contribution >= 4 is 11.8 Å². The molecule has 1 rings (SSSR count). The summed E-state index contributed by atoms with van der Waals surface area (Å²) in [4.78, 5) is 11.7. The van der Waals surface area contributed by atoms with Crippen molar-refractivity contribution in [3.63, 3.8) is 0 Å². The molecule has 0 saturated heterocycles. The van der Waals surface area contributed by atoms with Gasteiger partial charge >= 0.3 is 6.03 Å². The Morgan fingerprint density at radius 2 is 2.05 bits per heavy atom. The number of carbonyl (C=O) groups is 1. The van der Waals surface area contributed by atoms with Gasteiger partial charge in [0.05, 0.1) is 5.60 Å². The maximum atomic E-state index is 11.7. The number of aryl methyl sites for hydroxylation is 1. The van der Waals surface area contributed by atoms with Crippen LogP contribution in [-0.4, -0.2) is 33.1 Å². The van der Waals surface area contributed by atoms with Crippen molar-refractivity contribution in [1.82, 2.24) is 15.1 Å². The molecule has 0 spiro atoms. The number of nitrogens with one attached hydrogen (secondary N) is 2. The van der Waals surface area contributed by atoms with Crippen molar-refractivity contribution in [2.45, 2.75) is 45.1 Å². The Morgan fingerprint density at radius 1 is 1.42 bits per heavy atom. The molecule has 0 aliphatic rings. The first-order chi connectivity index (χ1) is 8.99. The first-order valence-electron chi connectivity index (χ1n) is 6.76. The minimum absolute atomic E-state index is 0.257. The first-order valence-corrected chi connectivity index (χ1v) is 6.76. The van der Waals surface area contributed by atoms with Crippen LogP contribution in [0.15, 0.2) is 12.3 Å². The predicted octanol–water partition coefficient (Wildman–Crippen LogP) is 1.87. The molecule has 0 atom stereocenters. The van der Waals surface area contributed by atoms with Gasteiger partial charge in [-0.1, -0.05) is 26.7 Å². The van der Waals surface area contributed by atoms with Crippen LogP contribution in [0.5, 0.6) is 0 Å². The monoisotopic (exact) mass is 268 g/mol. The maximum absolute atomic E-state index is 11.7. The van der Waals surface area contributed by atoms with Gasteiger partial charge in [-0.25, -0.2) is 4.79 Å². The molecule has 0 saturated carbocycles. The second kappa shape index (κ2) is 7.13. The van der Waals surface area contributed by atoms with Crippen molar-refractivity contribution in [2.24, 2.45) is 7.05 Å². The van der Waals surface area contributed by atoms with Crippen LogP contribution in [0.2, 0.25) is 0 Å². The summed E-state index contributed by atoms with van der Waals surface area (Å²) in [5, 5.41) is 19.7. The fourth-order valence-electron chi connectivity index (χ4n) is 2.12. The summed E-state index contributed by atoms with van der Waals surface area (Å²) >= 11 is 0. The van der Waals surface area contributed by atoms with E-state index in [9.17, 15) is 9.90 Å². The Hall–Kier alpha value is -1.56. The van der Waals surface area contributed by atoms with Crippen LogP contribution in [-0.2, 0) is 7.05 Å². The first kappa shape index (κ1) is 15.5. The highest BCUT2D eigenvalue weighted by Gasteiger charge is 2.25. The Bertz CT molecular complexity index is 397. The van der Waals surface area contributed by atoms with Gasteiger partial charge in [-0.3, -0.25) is 10.00 Å². The lowest BCUT2D eigenvalue weighted by Crippen LogP contribution is -2.44. The number of amides is 2. The summed E-state index contributed by atoms with van der Waals surface area (Å²) in [6, 6.07) is 1.37. The number of hydrogen-bond acceptors (Lipinski definition) is 3. The molecule has 6 nitrogen and oxygen atoms in total. The van der Waals surface area contributed by atoms with Gasteiger partial charge in [0.1, 0.15) is 0 Å². The zero-order valence-electron chi connectivity index (χ0n) is 11.9. The lowest BCUT2D eigenvalue weighted by Gasteiger charge is -2.27. The molecule has 0 unspecified atom stereocenters. The molecule has 0 aromatic carbocycles. The summed E-state index contributed by atoms with van der Waals surface area (Å²) in [5.41, 5.74) is -0.815. The van der Waals surface area contributed by atoms with Crippen LogP contribution >= 0.6 is 0 Å². The minimum Gasteiger partial charge on any atom is -0.388 e. The number of nitrogens with zero attached hydrogens (tertiary/aromatic N) is 2. The molecule has 0 radical (unpaired) electrons. The molecule has 19 heavy (non-hydrogen) atoms. The molecule has 0 fully saturated rings. The molecular formula is C13H24N4O2. The van der Waals surface area contributed by atoms with Crippen molar-refractivity contribution in [3.05, 3.63) is 12.3 Å². The highest BCUT2D eigenvalue weighted by Crippen LogP contribution is 2.18. The number of aliphatic hydroxyl groups is 1. The van der Waals surface area contributed by atoms with E-state index in [4.69, 9.17) is 0 Å². The fourth-order valence-corrected chi connectivity index (χ4v) is 2.12. The molecular weight excluding hydrogens is 244 g/mol. The van der Waals surface area contributed by atoms with Gasteiger partial charge in [0, 0.05) is 25.9 Å². The van der Waals surface area contributed by atoms with Crippen LogP contribution in [0.25, 0.3) is 0 Å². The normalized spacial score (nSPS) is 11.4. The summed E-state index contributed by atoms with van der Waals surface area (Å²) < 4.78 is 1.61. The number of anilines is 1. The standard InChI is InChI=1S/C13H24N4O2/c1-4-7-13(19,8-5-2)10-14-12(18)15-11-6-9-17(3)16-11/h6,9,19H,4-5,7-8,10H2,1-3H3,(H2,14,15,16,18). The molecule has 6 heteroatoms. The number of rotatable bonds is 7. The highest BCUT2D eigenvalue weighted by molar-refractivity contribution is 5.88. The van der Waals surface area contributed by atoms with Gasteiger partial charge in [0.15, 0.2) is 5.82 Å². The second-order valence-corrected chi connectivity index (χ2v) is 4.91. The lowest BCUT2D eigenvalue weighted by molar-refractivity contribution is 0.0245. The largest absolute Gasteiger partial charge is 0.388 e. The summed E-state index contributed by atoms with van der Waals surface area (Å²) in [6.45, 7) is 4.30. The molecule has 1 heterocycles. The van der Waals surface area contributed by atoms with Gasteiger partial charge in [0.2, 0.25) is 0 Å². The number of aromatic nitrogens is 2. The Kier molecular flexibility index (Phi) is 5.82. The van der Waals surface area contributed by atoms with Crippen molar-refractivity contribution in [2.75, 3.05) is 11.9 Å². The van der Waals surface area contributed by atoms with Crippen molar-refractivity contribution in [3.8, 4) is 0 Å². The molecule has 0 bridgehead atoms. The van der Waals surface area contributed by atoms with E-state index in [1.165, 1.54) is 0 Å². The molecule has 1 aromatic heterocycles. The third-order valence-corrected chi connectivity index (χ3v) is 2.96. The summed E-state index contributed by atoms with van der Waals surface area (Å²) in [5.74, 6) is 0.495. The highest BCUT2D eigenvalue weighted by atomic mass is 16.3. The van der Waals surface area contributed by atoms with Crippen LogP contribution in [0.4, 0.5) is 10.6 Å². The van der Waals surface area contributed by atoms with Crippen LogP contribution in [0.1, 0.15) is 39.5 Å². The summed E-state index contributed by atoms with van der Waals surface area (Å²) in [6.07, 6.45) is 4.90. The molecule has 0 aliphatic carbocycles. The SMILES string of the molecule is CCCC(O)(CCC)CNC(=O)Nc1ccn(C)n1. The fraction of sp³-hybridized carbons (Fsp3) is 0.692. The third kappa shape index (κ3) is 5.30. The molecule has 2 amide bonds. The van der Waals surface area contributed by atoms with E-state index in [0.29, 0.717) is 18.7 Å². The van der Waals surface area contributed by atoms with Crippen LogP contribution in [0.3, 0.4) is 0 Å². The topological polar surface area (TPSA) is 79.2 Å². The lowest BCUT2D eigenvalue weighted by atomic mass is 9.93. The molecule has 1 aromatic rings. The number of carbonyl (C=O) groups excluding carboxylic acids is 1. The molecule has 108 valence electrons. The number of hydrogen-bond donors (Lipinski definition) is 3. The number of urea groups is 1. The zero-order valence-corrected chi connectivity index (χ0v) is 11.9. The Labute approximate surface area is 114 Å². The Morgan fingerprint density at radius 3 is 2.53 bits per heavy atom. The van der Waals surface area contributed by atoms with Gasteiger partial charge < -0.3 is 10.4 Å².